The van der Waals surface area contributed by atoms with Gasteiger partial charge in [0.25, 0.3) is 0 Å². The van der Waals surface area contributed by atoms with Crippen molar-refractivity contribution in [3.63, 3.8) is 0 Å². The Labute approximate surface area is 122 Å². The highest BCUT2D eigenvalue weighted by molar-refractivity contribution is 6.02. The number of halogens is 1. The number of piperidine rings is 1. The van der Waals surface area contributed by atoms with Gasteiger partial charge in [0.05, 0.1) is 12.5 Å². The van der Waals surface area contributed by atoms with Crippen molar-refractivity contribution in [2.75, 3.05) is 13.7 Å². The van der Waals surface area contributed by atoms with E-state index < -0.39 is 11.3 Å². The van der Waals surface area contributed by atoms with Gasteiger partial charge in [0.15, 0.2) is 0 Å². The molecule has 5 heteroatoms. The summed E-state index contributed by atoms with van der Waals surface area (Å²) in [6.07, 6.45) is 2.21. The van der Waals surface area contributed by atoms with Gasteiger partial charge in [-0.15, -0.1) is 0 Å². The van der Waals surface area contributed by atoms with E-state index in [1.54, 1.807) is 19.2 Å². The molecule has 1 saturated heterocycles. The molecule has 0 radical (unpaired) electrons. The molecule has 0 spiro atoms. The number of methoxy groups -OCH3 is 1. The van der Waals surface area contributed by atoms with E-state index in [1.807, 2.05) is 0 Å². The molecular formula is C16H18FNO3. The zero-order chi connectivity index (χ0) is 15.0. The van der Waals surface area contributed by atoms with Crippen LogP contribution in [0.25, 0.3) is 0 Å². The number of benzene rings is 1. The molecule has 1 aliphatic heterocycles. The summed E-state index contributed by atoms with van der Waals surface area (Å²) < 4.78 is 18.9. The minimum atomic E-state index is -0.554. The molecule has 2 fully saturated rings. The van der Waals surface area contributed by atoms with Crippen LogP contribution in [-0.2, 0) is 14.3 Å². The molecule has 1 aromatic rings. The maximum atomic E-state index is 13.6. The summed E-state index contributed by atoms with van der Waals surface area (Å²) in [7, 11) is 1.57. The normalized spacial score (nSPS) is 29.3. The third-order valence-corrected chi connectivity index (χ3v) is 4.57. The summed E-state index contributed by atoms with van der Waals surface area (Å²) in [6.45, 7) is 0.331. The molecule has 2 atom stereocenters. The molecule has 0 aromatic heterocycles. The summed E-state index contributed by atoms with van der Waals surface area (Å²) in [5.74, 6) is -1.25. The SMILES string of the molecule is COCC1(C2CC2)CC(=O)NC(=O)C1c1cccc(F)c1. The second-order valence-electron chi connectivity index (χ2n) is 6.02. The van der Waals surface area contributed by atoms with Gasteiger partial charge in [0, 0.05) is 18.9 Å². The molecular weight excluding hydrogens is 273 g/mol. The highest BCUT2D eigenvalue weighted by Crippen LogP contribution is 2.56. The lowest BCUT2D eigenvalue weighted by molar-refractivity contribution is -0.143. The minimum absolute atomic E-state index is 0.248. The Hall–Kier alpha value is -1.75. The molecule has 2 unspecified atom stereocenters. The maximum Gasteiger partial charge on any atom is 0.234 e. The van der Waals surface area contributed by atoms with E-state index >= 15 is 0 Å². The lowest BCUT2D eigenvalue weighted by atomic mass is 9.64. The predicted octanol–water partition coefficient (Wildman–Crippen LogP) is 2.00. The van der Waals surface area contributed by atoms with Gasteiger partial charge in [-0.25, -0.2) is 4.39 Å². The van der Waals surface area contributed by atoms with Gasteiger partial charge in [-0.1, -0.05) is 12.1 Å². The summed E-state index contributed by atoms with van der Waals surface area (Å²) in [5.41, 5.74) is 0.0612. The van der Waals surface area contributed by atoms with Gasteiger partial charge >= 0.3 is 0 Å². The molecule has 2 aliphatic rings. The van der Waals surface area contributed by atoms with Crippen molar-refractivity contribution < 1.29 is 18.7 Å². The monoisotopic (exact) mass is 291 g/mol. The van der Waals surface area contributed by atoms with Crippen LogP contribution in [0.2, 0.25) is 0 Å². The van der Waals surface area contributed by atoms with Gasteiger partial charge < -0.3 is 4.74 Å². The van der Waals surface area contributed by atoms with Crippen LogP contribution in [0, 0.1) is 17.2 Å². The van der Waals surface area contributed by atoms with Gasteiger partial charge in [0.2, 0.25) is 11.8 Å². The fraction of sp³-hybridized carbons (Fsp3) is 0.500. The van der Waals surface area contributed by atoms with Crippen LogP contribution in [0.3, 0.4) is 0 Å². The summed E-state index contributed by atoms with van der Waals surface area (Å²) >= 11 is 0. The van der Waals surface area contributed by atoms with Crippen molar-refractivity contribution >= 4 is 11.8 Å². The van der Waals surface area contributed by atoms with E-state index in [2.05, 4.69) is 5.32 Å². The van der Waals surface area contributed by atoms with E-state index in [9.17, 15) is 14.0 Å². The van der Waals surface area contributed by atoms with Crippen LogP contribution in [-0.4, -0.2) is 25.5 Å². The number of carbonyl (C=O) groups excluding carboxylic acids is 2. The Morgan fingerprint density at radius 1 is 1.38 bits per heavy atom. The van der Waals surface area contributed by atoms with Crippen LogP contribution in [0.15, 0.2) is 24.3 Å². The molecule has 4 nitrogen and oxygen atoms in total. The molecule has 3 rings (SSSR count). The zero-order valence-electron chi connectivity index (χ0n) is 11.9. The molecule has 1 saturated carbocycles. The van der Waals surface area contributed by atoms with Gasteiger partial charge in [-0.2, -0.15) is 0 Å². The van der Waals surface area contributed by atoms with Crippen LogP contribution >= 0.6 is 0 Å². The first-order chi connectivity index (χ1) is 10.1. The van der Waals surface area contributed by atoms with Crippen molar-refractivity contribution in [1.82, 2.24) is 5.32 Å². The zero-order valence-corrected chi connectivity index (χ0v) is 11.9. The highest BCUT2D eigenvalue weighted by atomic mass is 19.1. The smallest absolute Gasteiger partial charge is 0.234 e. The number of hydrogen-bond acceptors (Lipinski definition) is 3. The Kier molecular flexibility index (Phi) is 3.53. The highest BCUT2D eigenvalue weighted by Gasteiger charge is 2.57. The van der Waals surface area contributed by atoms with E-state index in [0.717, 1.165) is 12.8 Å². The second kappa shape index (κ2) is 5.22. The number of imide groups is 1. The number of carbonyl (C=O) groups is 2. The van der Waals surface area contributed by atoms with E-state index in [4.69, 9.17) is 4.74 Å². The molecule has 2 amide bonds. The predicted molar refractivity (Wildman–Crippen MR) is 73.9 cm³/mol. The quantitative estimate of drug-likeness (QED) is 0.863. The van der Waals surface area contributed by atoms with E-state index in [1.165, 1.54) is 12.1 Å². The van der Waals surface area contributed by atoms with E-state index in [0.29, 0.717) is 12.2 Å². The first kappa shape index (κ1) is 14.2. The average molecular weight is 291 g/mol. The Morgan fingerprint density at radius 3 is 2.76 bits per heavy atom. The maximum absolute atomic E-state index is 13.6. The van der Waals surface area contributed by atoms with Crippen LogP contribution in [0.4, 0.5) is 4.39 Å². The van der Waals surface area contributed by atoms with Crippen molar-refractivity contribution in [3.05, 3.63) is 35.6 Å². The topological polar surface area (TPSA) is 55.4 Å². The van der Waals surface area contributed by atoms with Crippen LogP contribution in [0.5, 0.6) is 0 Å². The number of nitrogens with one attached hydrogen (secondary N) is 1. The van der Waals surface area contributed by atoms with Crippen molar-refractivity contribution in [2.45, 2.75) is 25.2 Å². The lowest BCUT2D eigenvalue weighted by Crippen LogP contribution is -2.53. The first-order valence-corrected chi connectivity index (χ1v) is 7.15. The second-order valence-corrected chi connectivity index (χ2v) is 6.02. The van der Waals surface area contributed by atoms with Crippen LogP contribution in [0.1, 0.15) is 30.7 Å². The molecule has 21 heavy (non-hydrogen) atoms. The first-order valence-electron chi connectivity index (χ1n) is 7.15. The van der Waals surface area contributed by atoms with Gasteiger partial charge in [0.1, 0.15) is 5.82 Å². The Bertz CT molecular complexity index is 585. The number of ether oxygens (including phenoxy) is 1. The minimum Gasteiger partial charge on any atom is -0.384 e. The molecule has 112 valence electrons. The van der Waals surface area contributed by atoms with Crippen molar-refractivity contribution in [3.8, 4) is 0 Å². The third-order valence-electron chi connectivity index (χ3n) is 4.57. The molecule has 1 N–H and O–H groups in total. The third kappa shape index (κ3) is 2.46. The summed E-state index contributed by atoms with van der Waals surface area (Å²) in [4.78, 5) is 24.3. The fourth-order valence-electron chi connectivity index (χ4n) is 3.64. The molecule has 1 aliphatic carbocycles. The number of rotatable bonds is 4. The average Bonchev–Trinajstić information content (AvgIpc) is 3.22. The fourth-order valence-corrected chi connectivity index (χ4v) is 3.64. The van der Waals surface area contributed by atoms with Crippen LogP contribution < -0.4 is 5.32 Å². The molecule has 0 bridgehead atoms. The summed E-state index contributed by atoms with van der Waals surface area (Å²) in [6, 6.07) is 6.08. The van der Waals surface area contributed by atoms with Crippen molar-refractivity contribution in [1.29, 1.82) is 0 Å². The standard InChI is InChI=1S/C16H18FNO3/c1-21-9-16(11-5-6-11)8-13(19)18-15(20)14(16)10-3-2-4-12(17)7-10/h2-4,7,11,14H,5-6,8-9H2,1H3,(H,18,19,20). The molecule has 1 heterocycles. The molecule has 1 aromatic carbocycles. The lowest BCUT2D eigenvalue weighted by Gasteiger charge is -2.42. The van der Waals surface area contributed by atoms with E-state index in [-0.39, 0.29) is 30.0 Å². The summed E-state index contributed by atoms with van der Waals surface area (Å²) in [5, 5.41) is 2.39. The largest absolute Gasteiger partial charge is 0.384 e. The van der Waals surface area contributed by atoms with Gasteiger partial charge in [-0.3, -0.25) is 14.9 Å². The number of amides is 2. The number of hydrogen-bond donors (Lipinski definition) is 1. The Balaban J connectivity index is 2.07. The van der Waals surface area contributed by atoms with Crippen molar-refractivity contribution in [2.24, 2.45) is 11.3 Å². The Morgan fingerprint density at radius 2 is 2.14 bits per heavy atom. The van der Waals surface area contributed by atoms with Gasteiger partial charge in [-0.05, 0) is 36.5 Å².